The van der Waals surface area contributed by atoms with Gasteiger partial charge < -0.3 is 4.90 Å². The van der Waals surface area contributed by atoms with Gasteiger partial charge in [-0.25, -0.2) is 0 Å². The van der Waals surface area contributed by atoms with E-state index in [-0.39, 0.29) is 12.1 Å². The van der Waals surface area contributed by atoms with Gasteiger partial charge in [0.25, 0.3) is 0 Å². The van der Waals surface area contributed by atoms with Gasteiger partial charge in [-0.3, -0.25) is 15.0 Å². The summed E-state index contributed by atoms with van der Waals surface area (Å²) < 4.78 is 0. The molecule has 2 fully saturated rings. The smallest absolute Gasteiger partial charge is 0.237 e. The van der Waals surface area contributed by atoms with Gasteiger partial charge in [0, 0.05) is 18.6 Å². The second-order valence-electron chi connectivity index (χ2n) is 5.48. The summed E-state index contributed by atoms with van der Waals surface area (Å²) in [5, 5.41) is 3.30. The summed E-state index contributed by atoms with van der Waals surface area (Å²) in [5.74, 6) is 0.263. The van der Waals surface area contributed by atoms with Crippen molar-refractivity contribution in [1.29, 1.82) is 0 Å². The molecule has 1 aliphatic carbocycles. The van der Waals surface area contributed by atoms with Crippen LogP contribution in [0.3, 0.4) is 0 Å². The lowest BCUT2D eigenvalue weighted by molar-refractivity contribution is -0.128. The van der Waals surface area contributed by atoms with Crippen LogP contribution in [0.2, 0.25) is 0 Å². The van der Waals surface area contributed by atoms with Crippen LogP contribution in [0.4, 0.5) is 0 Å². The van der Waals surface area contributed by atoms with E-state index >= 15 is 0 Å². The molecule has 0 aromatic heterocycles. The highest BCUT2D eigenvalue weighted by atomic mass is 16.2. The zero-order chi connectivity index (χ0) is 12.4. The normalized spacial score (nSPS) is 26.9. The Labute approximate surface area is 104 Å². The van der Waals surface area contributed by atoms with Crippen molar-refractivity contribution in [2.45, 2.75) is 57.8 Å². The van der Waals surface area contributed by atoms with Gasteiger partial charge in [-0.15, -0.1) is 0 Å². The predicted molar refractivity (Wildman–Crippen MR) is 68.7 cm³/mol. The Morgan fingerprint density at radius 3 is 2.82 bits per heavy atom. The fraction of sp³-hybridized carbons (Fsp3) is 0.923. The zero-order valence-corrected chi connectivity index (χ0v) is 11.3. The first-order chi connectivity index (χ1) is 8.13. The van der Waals surface area contributed by atoms with Crippen molar-refractivity contribution in [3.63, 3.8) is 0 Å². The maximum atomic E-state index is 11.8. The first kappa shape index (κ1) is 12.8. The average molecular weight is 239 g/mol. The van der Waals surface area contributed by atoms with Crippen LogP contribution in [0, 0.1) is 0 Å². The fourth-order valence-corrected chi connectivity index (χ4v) is 2.61. The molecule has 98 valence electrons. The predicted octanol–water partition coefficient (Wildman–Crippen LogP) is 1.03. The van der Waals surface area contributed by atoms with E-state index in [1.807, 2.05) is 4.90 Å². The maximum absolute atomic E-state index is 11.8. The molecule has 1 saturated heterocycles. The van der Waals surface area contributed by atoms with Gasteiger partial charge in [0.05, 0.1) is 12.7 Å². The zero-order valence-electron chi connectivity index (χ0n) is 11.3. The van der Waals surface area contributed by atoms with Crippen LogP contribution in [0.15, 0.2) is 0 Å². The molecule has 4 heteroatoms. The second-order valence-corrected chi connectivity index (χ2v) is 5.48. The number of amides is 1. The molecule has 1 saturated carbocycles. The first-order valence-corrected chi connectivity index (χ1v) is 6.88. The molecule has 0 aromatic carbocycles. The van der Waals surface area contributed by atoms with E-state index in [0.717, 1.165) is 25.4 Å². The molecule has 0 radical (unpaired) electrons. The number of likely N-dealkylation sites (N-methyl/N-ethyl adjacent to an activating group) is 1. The van der Waals surface area contributed by atoms with E-state index in [1.54, 1.807) is 0 Å². The molecule has 0 spiro atoms. The third kappa shape index (κ3) is 2.99. The lowest BCUT2D eigenvalue weighted by atomic mass is 10.2. The van der Waals surface area contributed by atoms with Gasteiger partial charge >= 0.3 is 0 Å². The standard InChI is InChI=1S/C13H25N3O/c1-4-5-12-14-8-13(17)16(12)9-10(2)15(3)11-6-7-11/h10-12,14H,4-9H2,1-3H3. The second kappa shape index (κ2) is 5.36. The molecule has 0 aromatic rings. The Morgan fingerprint density at radius 1 is 1.53 bits per heavy atom. The highest BCUT2D eigenvalue weighted by Crippen LogP contribution is 2.27. The number of nitrogens with one attached hydrogen (secondary N) is 1. The SMILES string of the molecule is CCCC1NCC(=O)N1CC(C)N(C)C1CC1. The van der Waals surface area contributed by atoms with Gasteiger partial charge in [-0.2, -0.15) is 0 Å². The molecule has 2 rings (SSSR count). The van der Waals surface area contributed by atoms with Gasteiger partial charge in [0.1, 0.15) is 0 Å². The highest BCUT2D eigenvalue weighted by molar-refractivity contribution is 5.80. The van der Waals surface area contributed by atoms with E-state index < -0.39 is 0 Å². The summed E-state index contributed by atoms with van der Waals surface area (Å²) >= 11 is 0. The van der Waals surface area contributed by atoms with E-state index in [1.165, 1.54) is 12.8 Å². The molecule has 1 aliphatic heterocycles. The third-order valence-electron chi connectivity index (χ3n) is 4.03. The molecule has 1 N–H and O–H groups in total. The quantitative estimate of drug-likeness (QED) is 0.752. The van der Waals surface area contributed by atoms with Crippen LogP contribution in [0.25, 0.3) is 0 Å². The van der Waals surface area contributed by atoms with Crippen molar-refractivity contribution in [2.24, 2.45) is 0 Å². The minimum atomic E-state index is 0.263. The Bertz CT molecular complexity index is 278. The number of hydrogen-bond acceptors (Lipinski definition) is 3. The molecule has 1 amide bonds. The monoisotopic (exact) mass is 239 g/mol. The van der Waals surface area contributed by atoms with Gasteiger partial charge in [-0.05, 0) is 33.2 Å². The van der Waals surface area contributed by atoms with Gasteiger partial charge in [-0.1, -0.05) is 13.3 Å². The Balaban J connectivity index is 1.88. The molecule has 1 heterocycles. The maximum Gasteiger partial charge on any atom is 0.237 e. The number of hydrogen-bond donors (Lipinski definition) is 1. The lowest BCUT2D eigenvalue weighted by Gasteiger charge is -2.31. The molecule has 2 unspecified atom stereocenters. The van der Waals surface area contributed by atoms with Crippen molar-refractivity contribution >= 4 is 5.91 Å². The third-order valence-corrected chi connectivity index (χ3v) is 4.03. The van der Waals surface area contributed by atoms with Crippen molar-refractivity contribution in [3.05, 3.63) is 0 Å². The summed E-state index contributed by atoms with van der Waals surface area (Å²) in [5.41, 5.74) is 0. The van der Waals surface area contributed by atoms with Crippen LogP contribution in [0.1, 0.15) is 39.5 Å². The topological polar surface area (TPSA) is 35.6 Å². The summed E-state index contributed by atoms with van der Waals surface area (Å²) in [7, 11) is 2.19. The largest absolute Gasteiger partial charge is 0.324 e. The Hall–Kier alpha value is -0.610. The minimum absolute atomic E-state index is 0.263. The Morgan fingerprint density at radius 2 is 2.24 bits per heavy atom. The molecular formula is C13H25N3O. The summed E-state index contributed by atoms with van der Waals surface area (Å²) in [4.78, 5) is 16.3. The van der Waals surface area contributed by atoms with Gasteiger partial charge in [0.15, 0.2) is 0 Å². The number of carbonyl (C=O) groups is 1. The summed E-state index contributed by atoms with van der Waals surface area (Å²) in [6.07, 6.45) is 5.10. The molecule has 2 aliphatic rings. The van der Waals surface area contributed by atoms with Crippen molar-refractivity contribution < 1.29 is 4.79 Å². The Kier molecular flexibility index (Phi) is 4.05. The van der Waals surface area contributed by atoms with Crippen molar-refractivity contribution in [1.82, 2.24) is 15.1 Å². The summed E-state index contributed by atoms with van der Waals surface area (Å²) in [6, 6.07) is 1.23. The molecule has 0 bridgehead atoms. The first-order valence-electron chi connectivity index (χ1n) is 6.88. The van der Waals surface area contributed by atoms with Crippen molar-refractivity contribution in [3.8, 4) is 0 Å². The van der Waals surface area contributed by atoms with Crippen molar-refractivity contribution in [2.75, 3.05) is 20.1 Å². The van der Waals surface area contributed by atoms with E-state index in [9.17, 15) is 4.79 Å². The highest BCUT2D eigenvalue weighted by Gasteiger charge is 2.34. The molecule has 17 heavy (non-hydrogen) atoms. The lowest BCUT2D eigenvalue weighted by Crippen LogP contribution is -2.46. The molecule has 2 atom stereocenters. The minimum Gasteiger partial charge on any atom is -0.324 e. The average Bonchev–Trinajstić information content (AvgIpc) is 3.09. The van der Waals surface area contributed by atoms with Crippen LogP contribution in [-0.2, 0) is 4.79 Å². The number of carbonyl (C=O) groups excluding carboxylic acids is 1. The van der Waals surface area contributed by atoms with E-state index in [2.05, 4.69) is 31.1 Å². The molecular weight excluding hydrogens is 214 g/mol. The van der Waals surface area contributed by atoms with E-state index in [4.69, 9.17) is 0 Å². The van der Waals surface area contributed by atoms with E-state index in [0.29, 0.717) is 12.6 Å². The van der Waals surface area contributed by atoms with Crippen LogP contribution in [0.5, 0.6) is 0 Å². The number of nitrogens with zero attached hydrogens (tertiary/aromatic N) is 2. The number of rotatable bonds is 6. The summed E-state index contributed by atoms with van der Waals surface area (Å²) in [6.45, 7) is 5.78. The van der Waals surface area contributed by atoms with Crippen LogP contribution < -0.4 is 5.32 Å². The fourth-order valence-electron chi connectivity index (χ4n) is 2.61. The van der Waals surface area contributed by atoms with Gasteiger partial charge in [0.2, 0.25) is 5.91 Å². The van der Waals surface area contributed by atoms with Crippen LogP contribution in [-0.4, -0.2) is 54.1 Å². The molecule has 4 nitrogen and oxygen atoms in total. The van der Waals surface area contributed by atoms with Crippen LogP contribution >= 0.6 is 0 Å².